The molecule has 0 aliphatic heterocycles. The van der Waals surface area contributed by atoms with E-state index in [-0.39, 0.29) is 23.9 Å². The van der Waals surface area contributed by atoms with Crippen LogP contribution in [0.2, 0.25) is 0 Å². The van der Waals surface area contributed by atoms with E-state index in [0.717, 1.165) is 36.4 Å². The van der Waals surface area contributed by atoms with Gasteiger partial charge in [-0.05, 0) is 54.3 Å². The van der Waals surface area contributed by atoms with Gasteiger partial charge in [0.2, 0.25) is 5.91 Å². The van der Waals surface area contributed by atoms with Crippen LogP contribution in [0.1, 0.15) is 78.0 Å². The van der Waals surface area contributed by atoms with Gasteiger partial charge in [-0.15, -0.1) is 0 Å². The van der Waals surface area contributed by atoms with Crippen molar-refractivity contribution in [2.75, 3.05) is 30.8 Å². The zero-order valence-electron chi connectivity index (χ0n) is 24.4. The number of urea groups is 1. The summed E-state index contributed by atoms with van der Waals surface area (Å²) in [5, 5.41) is 10.7. The van der Waals surface area contributed by atoms with Gasteiger partial charge in [-0.2, -0.15) is 5.10 Å². The average molecular weight is 534 g/mol. The van der Waals surface area contributed by atoms with Crippen molar-refractivity contribution in [2.45, 2.75) is 72.1 Å². The van der Waals surface area contributed by atoms with E-state index in [1.807, 2.05) is 54.6 Å². The molecule has 0 unspecified atom stereocenters. The minimum absolute atomic E-state index is 0.0712. The number of benzene rings is 2. The summed E-state index contributed by atoms with van der Waals surface area (Å²) in [5.74, 6) is 1.41. The molecule has 3 aromatic rings. The van der Waals surface area contributed by atoms with Crippen LogP contribution in [0.15, 0.2) is 54.6 Å². The molecule has 39 heavy (non-hydrogen) atoms. The van der Waals surface area contributed by atoms with Crippen LogP contribution in [-0.2, 0) is 10.2 Å². The van der Waals surface area contributed by atoms with Crippen LogP contribution in [0.3, 0.4) is 0 Å². The first-order valence-corrected chi connectivity index (χ1v) is 13.7. The van der Waals surface area contributed by atoms with E-state index >= 15 is 0 Å². The predicted molar refractivity (Wildman–Crippen MR) is 158 cm³/mol. The van der Waals surface area contributed by atoms with Crippen LogP contribution < -0.4 is 15.4 Å². The highest BCUT2D eigenvalue weighted by atomic mass is 16.5. The second-order valence-electron chi connectivity index (χ2n) is 11.2. The topological polar surface area (TPSA) is 88.5 Å². The Labute approximate surface area is 232 Å². The molecule has 8 nitrogen and oxygen atoms in total. The number of hydrogen-bond donors (Lipinski definition) is 2. The van der Waals surface area contributed by atoms with E-state index < -0.39 is 0 Å². The van der Waals surface area contributed by atoms with Crippen LogP contribution in [0.5, 0.6) is 5.75 Å². The number of anilines is 2. The third-order valence-electron chi connectivity index (χ3n) is 6.54. The number of hydrogen-bond acceptors (Lipinski definition) is 4. The number of aromatic nitrogens is 2. The van der Waals surface area contributed by atoms with Gasteiger partial charge in [0.15, 0.2) is 0 Å². The van der Waals surface area contributed by atoms with Crippen LogP contribution in [0, 0.1) is 0 Å². The normalized spacial score (nSPS) is 11.4. The fraction of sp³-hybridized carbons (Fsp3) is 0.452. The molecule has 0 saturated carbocycles. The number of amides is 3. The van der Waals surface area contributed by atoms with E-state index in [4.69, 9.17) is 9.84 Å². The van der Waals surface area contributed by atoms with Crippen LogP contribution in [-0.4, -0.2) is 46.8 Å². The highest BCUT2D eigenvalue weighted by Crippen LogP contribution is 2.27. The summed E-state index contributed by atoms with van der Waals surface area (Å²) in [5.41, 5.74) is 3.34. The van der Waals surface area contributed by atoms with Gasteiger partial charge in [0, 0.05) is 23.7 Å². The molecule has 1 aromatic heterocycles. The lowest BCUT2D eigenvalue weighted by Crippen LogP contribution is -2.41. The minimum atomic E-state index is -0.294. The van der Waals surface area contributed by atoms with Gasteiger partial charge in [-0.3, -0.25) is 4.79 Å². The second-order valence-corrected chi connectivity index (χ2v) is 11.2. The molecule has 3 amide bonds. The van der Waals surface area contributed by atoms with E-state index in [9.17, 15) is 9.59 Å². The van der Waals surface area contributed by atoms with Crippen LogP contribution in [0.4, 0.5) is 16.3 Å². The fourth-order valence-electron chi connectivity index (χ4n) is 4.07. The van der Waals surface area contributed by atoms with E-state index in [1.54, 1.807) is 16.7 Å². The number of unbranched alkanes of at least 4 members (excludes halogenated alkanes) is 2. The fourth-order valence-corrected chi connectivity index (χ4v) is 4.07. The van der Waals surface area contributed by atoms with Gasteiger partial charge in [-0.25, -0.2) is 9.48 Å². The third-order valence-corrected chi connectivity index (χ3v) is 6.54. The Bertz CT molecular complexity index is 1220. The molecule has 0 saturated heterocycles. The van der Waals surface area contributed by atoms with Crippen molar-refractivity contribution < 1.29 is 14.3 Å². The highest BCUT2D eigenvalue weighted by Gasteiger charge is 2.23. The Kier molecular flexibility index (Phi) is 10.2. The maximum absolute atomic E-state index is 13.3. The quantitative estimate of drug-likeness (QED) is 0.261. The van der Waals surface area contributed by atoms with Gasteiger partial charge < -0.3 is 20.3 Å². The van der Waals surface area contributed by atoms with Gasteiger partial charge in [0.1, 0.15) is 18.1 Å². The summed E-state index contributed by atoms with van der Waals surface area (Å²) < 4.78 is 7.00. The molecule has 210 valence electrons. The Hall–Kier alpha value is -3.81. The summed E-state index contributed by atoms with van der Waals surface area (Å²) in [6.07, 6.45) is 2.82. The maximum atomic E-state index is 13.3. The monoisotopic (exact) mass is 533 g/mol. The molecule has 2 N–H and O–H groups in total. The van der Waals surface area contributed by atoms with Crippen molar-refractivity contribution in [3.8, 4) is 11.4 Å². The Morgan fingerprint density at radius 2 is 1.67 bits per heavy atom. The van der Waals surface area contributed by atoms with Gasteiger partial charge in [-0.1, -0.05) is 66.5 Å². The molecule has 1 heterocycles. The van der Waals surface area contributed by atoms with Gasteiger partial charge in [0.05, 0.1) is 18.5 Å². The van der Waals surface area contributed by atoms with E-state index in [0.29, 0.717) is 24.0 Å². The van der Waals surface area contributed by atoms with Crippen molar-refractivity contribution in [3.05, 3.63) is 65.9 Å². The number of carbonyl (C=O) groups excluding carboxylic acids is 2. The Balaban J connectivity index is 1.79. The molecule has 2 aromatic carbocycles. The zero-order chi connectivity index (χ0) is 28.6. The standard InChI is InChI=1S/C31H43N5O3/c1-8-9-10-19-35(30(38)32-24-13-11-23(12-14-24)22(2)3)21-29(37)33-28-20-27(31(4,5)6)34-36(28)25-15-17-26(39-7)18-16-25/h11-18,20,22H,8-10,19,21H2,1-7H3,(H,32,38)(H,33,37). The van der Waals surface area contributed by atoms with Crippen molar-refractivity contribution in [2.24, 2.45) is 0 Å². The lowest BCUT2D eigenvalue weighted by Gasteiger charge is -2.23. The van der Waals surface area contributed by atoms with Crippen molar-refractivity contribution in [1.82, 2.24) is 14.7 Å². The molecule has 0 aliphatic carbocycles. The third kappa shape index (κ3) is 8.34. The predicted octanol–water partition coefficient (Wildman–Crippen LogP) is 6.96. The lowest BCUT2D eigenvalue weighted by molar-refractivity contribution is -0.116. The summed E-state index contributed by atoms with van der Waals surface area (Å²) in [4.78, 5) is 28.1. The number of nitrogens with one attached hydrogen (secondary N) is 2. The first-order chi connectivity index (χ1) is 18.5. The number of nitrogens with zero attached hydrogens (tertiary/aromatic N) is 3. The molecular formula is C31H43N5O3. The minimum Gasteiger partial charge on any atom is -0.497 e. The smallest absolute Gasteiger partial charge is 0.322 e. The zero-order valence-corrected chi connectivity index (χ0v) is 24.4. The van der Waals surface area contributed by atoms with Crippen LogP contribution >= 0.6 is 0 Å². The summed E-state index contributed by atoms with van der Waals surface area (Å²) in [6.45, 7) is 13.0. The SMILES string of the molecule is CCCCCN(CC(=O)Nc1cc(C(C)(C)C)nn1-c1ccc(OC)cc1)C(=O)Nc1ccc(C(C)C)cc1. The van der Waals surface area contributed by atoms with Crippen molar-refractivity contribution in [3.63, 3.8) is 0 Å². The maximum Gasteiger partial charge on any atom is 0.322 e. The van der Waals surface area contributed by atoms with E-state index in [1.165, 1.54) is 5.56 Å². The molecular weight excluding hydrogens is 490 g/mol. The van der Waals surface area contributed by atoms with Crippen LogP contribution in [0.25, 0.3) is 5.69 Å². The summed E-state index contributed by atoms with van der Waals surface area (Å²) in [7, 11) is 1.62. The molecule has 0 radical (unpaired) electrons. The molecule has 3 rings (SSSR count). The lowest BCUT2D eigenvalue weighted by atomic mass is 9.92. The molecule has 0 aliphatic rings. The highest BCUT2D eigenvalue weighted by molar-refractivity contribution is 5.96. The number of rotatable bonds is 11. The van der Waals surface area contributed by atoms with Crippen molar-refractivity contribution in [1.29, 1.82) is 0 Å². The largest absolute Gasteiger partial charge is 0.497 e. The van der Waals surface area contributed by atoms with Gasteiger partial charge >= 0.3 is 6.03 Å². The summed E-state index contributed by atoms with van der Waals surface area (Å²) in [6, 6.07) is 16.9. The molecule has 0 spiro atoms. The molecule has 8 heteroatoms. The number of carbonyl (C=O) groups is 2. The first kappa shape index (κ1) is 29.7. The summed E-state index contributed by atoms with van der Waals surface area (Å²) >= 11 is 0. The number of methoxy groups -OCH3 is 1. The molecule has 0 bridgehead atoms. The van der Waals surface area contributed by atoms with Gasteiger partial charge in [0.25, 0.3) is 0 Å². The molecule has 0 fully saturated rings. The van der Waals surface area contributed by atoms with Crippen molar-refractivity contribution >= 4 is 23.4 Å². The number of ether oxygens (including phenoxy) is 1. The van der Waals surface area contributed by atoms with E-state index in [2.05, 4.69) is 52.2 Å². The Morgan fingerprint density at radius 1 is 1.00 bits per heavy atom. The average Bonchev–Trinajstić information content (AvgIpc) is 3.32. The second kappa shape index (κ2) is 13.3. The first-order valence-electron chi connectivity index (χ1n) is 13.7. The molecule has 0 atom stereocenters. The Morgan fingerprint density at radius 3 is 2.23 bits per heavy atom.